The number of nitrogens with one attached hydrogen (secondary N) is 2. The molecular formula is C23H22N2O3S. The van der Waals surface area contributed by atoms with Crippen LogP contribution in [-0.2, 0) is 4.79 Å². The SMILES string of the molecule is CCOc1ccccc1NC(=O)/C(=C/c1cccs1)NC(=O)c1ccccc1C. The van der Waals surface area contributed by atoms with Crippen LogP contribution in [0.2, 0.25) is 0 Å². The van der Waals surface area contributed by atoms with Crippen LogP contribution in [0.1, 0.15) is 27.7 Å². The van der Waals surface area contributed by atoms with Gasteiger partial charge in [-0.25, -0.2) is 0 Å². The van der Waals surface area contributed by atoms with Crippen molar-refractivity contribution >= 4 is 34.9 Å². The molecule has 0 fully saturated rings. The van der Waals surface area contributed by atoms with Gasteiger partial charge in [-0.1, -0.05) is 36.4 Å². The number of anilines is 1. The van der Waals surface area contributed by atoms with Crippen molar-refractivity contribution < 1.29 is 14.3 Å². The van der Waals surface area contributed by atoms with Crippen molar-refractivity contribution in [3.63, 3.8) is 0 Å². The number of ether oxygens (including phenoxy) is 1. The lowest BCUT2D eigenvalue weighted by atomic mass is 10.1. The fraction of sp³-hybridized carbons (Fsp3) is 0.130. The van der Waals surface area contributed by atoms with Crippen LogP contribution in [-0.4, -0.2) is 18.4 Å². The summed E-state index contributed by atoms with van der Waals surface area (Å²) < 4.78 is 5.57. The minimum absolute atomic E-state index is 0.159. The van der Waals surface area contributed by atoms with Crippen molar-refractivity contribution in [3.8, 4) is 5.75 Å². The molecule has 0 spiro atoms. The van der Waals surface area contributed by atoms with Crippen LogP contribution in [0, 0.1) is 6.92 Å². The van der Waals surface area contributed by atoms with E-state index in [1.165, 1.54) is 11.3 Å². The summed E-state index contributed by atoms with van der Waals surface area (Å²) in [5.74, 6) is -0.185. The number of aryl methyl sites for hydroxylation is 1. The average Bonchev–Trinajstić information content (AvgIpc) is 3.22. The van der Waals surface area contributed by atoms with E-state index in [9.17, 15) is 9.59 Å². The number of hydrogen-bond donors (Lipinski definition) is 2. The Morgan fingerprint density at radius 3 is 2.52 bits per heavy atom. The van der Waals surface area contributed by atoms with Gasteiger partial charge in [0.25, 0.3) is 11.8 Å². The van der Waals surface area contributed by atoms with Gasteiger partial charge in [0, 0.05) is 10.4 Å². The molecular weight excluding hydrogens is 384 g/mol. The van der Waals surface area contributed by atoms with Gasteiger partial charge < -0.3 is 15.4 Å². The molecule has 148 valence electrons. The van der Waals surface area contributed by atoms with Crippen molar-refractivity contribution in [1.82, 2.24) is 5.32 Å². The number of carbonyl (C=O) groups is 2. The van der Waals surface area contributed by atoms with Gasteiger partial charge in [0.15, 0.2) is 0 Å². The highest BCUT2D eigenvalue weighted by atomic mass is 32.1. The monoisotopic (exact) mass is 406 g/mol. The summed E-state index contributed by atoms with van der Waals surface area (Å²) in [6.45, 7) is 4.22. The van der Waals surface area contributed by atoms with E-state index in [0.29, 0.717) is 23.6 Å². The molecule has 0 bridgehead atoms. The summed E-state index contributed by atoms with van der Waals surface area (Å²) in [6, 6.07) is 18.2. The molecule has 0 radical (unpaired) electrons. The molecule has 3 rings (SSSR count). The summed E-state index contributed by atoms with van der Waals surface area (Å²) in [4.78, 5) is 26.6. The molecule has 29 heavy (non-hydrogen) atoms. The third-order valence-corrected chi connectivity index (χ3v) is 4.97. The molecule has 1 heterocycles. The first-order chi connectivity index (χ1) is 14.1. The molecule has 0 unspecified atom stereocenters. The third-order valence-electron chi connectivity index (χ3n) is 4.15. The molecule has 2 aromatic carbocycles. The lowest BCUT2D eigenvalue weighted by Gasteiger charge is -2.14. The molecule has 0 aliphatic rings. The van der Waals surface area contributed by atoms with Crippen molar-refractivity contribution in [2.45, 2.75) is 13.8 Å². The van der Waals surface area contributed by atoms with E-state index in [-0.39, 0.29) is 11.6 Å². The van der Waals surface area contributed by atoms with Crippen LogP contribution in [0.25, 0.3) is 6.08 Å². The second kappa shape index (κ2) is 9.71. The van der Waals surface area contributed by atoms with Gasteiger partial charge in [-0.2, -0.15) is 0 Å². The number of thiophene rings is 1. The molecule has 2 N–H and O–H groups in total. The first kappa shape index (κ1) is 20.4. The maximum absolute atomic E-state index is 13.0. The molecule has 0 atom stereocenters. The van der Waals surface area contributed by atoms with Gasteiger partial charge in [0.2, 0.25) is 0 Å². The van der Waals surface area contributed by atoms with Crippen LogP contribution in [0.5, 0.6) is 5.75 Å². The quantitative estimate of drug-likeness (QED) is 0.551. The standard InChI is InChI=1S/C23H22N2O3S/c1-3-28-21-13-7-6-12-19(21)24-23(27)20(15-17-10-8-14-29-17)25-22(26)18-11-5-4-9-16(18)2/h4-15H,3H2,1-2H3,(H,24,27)(H,25,26)/b20-15-. The van der Waals surface area contributed by atoms with Gasteiger partial charge >= 0.3 is 0 Å². The zero-order valence-electron chi connectivity index (χ0n) is 16.3. The van der Waals surface area contributed by atoms with Crippen molar-refractivity contribution in [1.29, 1.82) is 0 Å². The van der Waals surface area contributed by atoms with Crippen LogP contribution < -0.4 is 15.4 Å². The normalized spacial score (nSPS) is 11.0. The Morgan fingerprint density at radius 1 is 1.03 bits per heavy atom. The third kappa shape index (κ3) is 5.33. The molecule has 0 saturated heterocycles. The predicted octanol–water partition coefficient (Wildman–Crippen LogP) is 4.86. The zero-order chi connectivity index (χ0) is 20.6. The molecule has 0 saturated carbocycles. The first-order valence-electron chi connectivity index (χ1n) is 9.24. The topological polar surface area (TPSA) is 67.4 Å². The predicted molar refractivity (Wildman–Crippen MR) is 117 cm³/mol. The van der Waals surface area contributed by atoms with E-state index in [0.717, 1.165) is 10.4 Å². The van der Waals surface area contributed by atoms with Gasteiger partial charge in [-0.3, -0.25) is 9.59 Å². The summed E-state index contributed by atoms with van der Waals surface area (Å²) in [5.41, 5.74) is 2.06. The number of hydrogen-bond acceptors (Lipinski definition) is 4. The number of amides is 2. The highest BCUT2D eigenvalue weighted by Gasteiger charge is 2.17. The average molecular weight is 407 g/mol. The van der Waals surface area contributed by atoms with E-state index in [1.54, 1.807) is 30.3 Å². The lowest BCUT2D eigenvalue weighted by molar-refractivity contribution is -0.113. The van der Waals surface area contributed by atoms with E-state index in [2.05, 4.69) is 10.6 Å². The second-order valence-electron chi connectivity index (χ2n) is 6.23. The fourth-order valence-electron chi connectivity index (χ4n) is 2.73. The number of carbonyl (C=O) groups excluding carboxylic acids is 2. The highest BCUT2D eigenvalue weighted by molar-refractivity contribution is 7.10. The highest BCUT2D eigenvalue weighted by Crippen LogP contribution is 2.24. The lowest BCUT2D eigenvalue weighted by Crippen LogP contribution is -2.31. The maximum atomic E-state index is 13.0. The number of rotatable bonds is 7. The molecule has 5 nitrogen and oxygen atoms in total. The van der Waals surface area contributed by atoms with Gasteiger partial charge in [0.1, 0.15) is 11.4 Å². The Balaban J connectivity index is 1.87. The van der Waals surface area contributed by atoms with Crippen LogP contribution >= 0.6 is 11.3 Å². The van der Waals surface area contributed by atoms with E-state index >= 15 is 0 Å². The van der Waals surface area contributed by atoms with Gasteiger partial charge in [0.05, 0.1) is 12.3 Å². The van der Waals surface area contributed by atoms with E-state index in [4.69, 9.17) is 4.74 Å². The van der Waals surface area contributed by atoms with Gasteiger partial charge in [-0.15, -0.1) is 11.3 Å². The van der Waals surface area contributed by atoms with Crippen LogP contribution in [0.3, 0.4) is 0 Å². The molecule has 2 amide bonds. The second-order valence-corrected chi connectivity index (χ2v) is 7.21. The first-order valence-corrected chi connectivity index (χ1v) is 10.1. The molecule has 0 aliphatic carbocycles. The van der Waals surface area contributed by atoms with E-state index < -0.39 is 5.91 Å². The maximum Gasteiger partial charge on any atom is 0.272 e. The minimum Gasteiger partial charge on any atom is -0.492 e. The molecule has 3 aromatic rings. The summed E-state index contributed by atoms with van der Waals surface area (Å²) in [7, 11) is 0. The largest absolute Gasteiger partial charge is 0.492 e. The minimum atomic E-state index is -0.424. The van der Waals surface area contributed by atoms with Crippen molar-refractivity contribution in [2.75, 3.05) is 11.9 Å². The Labute approximate surface area is 174 Å². The zero-order valence-corrected chi connectivity index (χ0v) is 17.1. The Hall–Kier alpha value is -3.38. The van der Waals surface area contributed by atoms with Crippen LogP contribution in [0.15, 0.2) is 71.7 Å². The smallest absolute Gasteiger partial charge is 0.272 e. The van der Waals surface area contributed by atoms with Gasteiger partial charge in [-0.05, 0) is 55.1 Å². The number of benzene rings is 2. The summed E-state index contributed by atoms with van der Waals surface area (Å²) in [5, 5.41) is 7.51. The molecule has 0 aliphatic heterocycles. The Bertz CT molecular complexity index is 1030. The summed E-state index contributed by atoms with van der Waals surface area (Å²) in [6.07, 6.45) is 1.67. The van der Waals surface area contributed by atoms with Crippen LogP contribution in [0.4, 0.5) is 5.69 Å². The van der Waals surface area contributed by atoms with Crippen molar-refractivity contribution in [3.05, 3.63) is 87.7 Å². The summed E-state index contributed by atoms with van der Waals surface area (Å²) >= 11 is 1.48. The van der Waals surface area contributed by atoms with E-state index in [1.807, 2.05) is 55.6 Å². The Morgan fingerprint density at radius 2 is 1.79 bits per heavy atom. The number of para-hydroxylation sites is 2. The fourth-order valence-corrected chi connectivity index (χ4v) is 3.39. The molecule has 1 aromatic heterocycles. The molecule has 6 heteroatoms. The van der Waals surface area contributed by atoms with Crippen molar-refractivity contribution in [2.24, 2.45) is 0 Å². The Kier molecular flexibility index (Phi) is 6.81.